The summed E-state index contributed by atoms with van der Waals surface area (Å²) in [7, 11) is 0. The van der Waals surface area contributed by atoms with E-state index < -0.39 is 4.92 Å². The third-order valence-corrected chi connectivity index (χ3v) is 3.21. The van der Waals surface area contributed by atoms with Crippen molar-refractivity contribution >= 4 is 38.7 Å². The number of nitrogens with zero attached hydrogens (tertiary/aromatic N) is 2. The van der Waals surface area contributed by atoms with Crippen molar-refractivity contribution < 1.29 is 20.2 Å². The molecule has 2 rings (SSSR count). The quantitative estimate of drug-likeness (QED) is 0.258. The second-order valence-corrected chi connectivity index (χ2v) is 4.38. The van der Waals surface area contributed by atoms with E-state index in [0.717, 1.165) is 0 Å². The summed E-state index contributed by atoms with van der Waals surface area (Å²) in [5, 5.41) is 40.0. The van der Waals surface area contributed by atoms with Crippen LogP contribution in [0.3, 0.4) is 0 Å². The van der Waals surface area contributed by atoms with Gasteiger partial charge in [0, 0.05) is 5.39 Å². The number of aromatic hydroxyl groups is 3. The number of rotatable bonds is 2. The lowest BCUT2D eigenvalue weighted by molar-refractivity contribution is -0.338. The van der Waals surface area contributed by atoms with Crippen molar-refractivity contribution in [1.82, 2.24) is 0 Å². The van der Waals surface area contributed by atoms with E-state index >= 15 is 0 Å². The lowest BCUT2D eigenvalue weighted by atomic mass is 10.1. The first kappa shape index (κ1) is 13.1. The summed E-state index contributed by atoms with van der Waals surface area (Å²) in [6.07, 6.45) is 0.397. The van der Waals surface area contributed by atoms with Crippen LogP contribution in [0.25, 0.3) is 10.8 Å². The summed E-state index contributed by atoms with van der Waals surface area (Å²) >= 11 is 2.98. The van der Waals surface area contributed by atoms with Gasteiger partial charge in [-0.25, -0.2) is 0 Å². The van der Waals surface area contributed by atoms with Gasteiger partial charge in [0.1, 0.15) is 16.0 Å². The van der Waals surface area contributed by atoms with Crippen molar-refractivity contribution in [2.24, 2.45) is 4.99 Å². The molecule has 0 aliphatic heterocycles. The SMILES string of the molecule is O=[N+]([O-])C=Nc1c(Br)c(O)c2c(O)cccc2c1O. The van der Waals surface area contributed by atoms with Gasteiger partial charge in [-0.3, -0.25) is 0 Å². The van der Waals surface area contributed by atoms with Gasteiger partial charge in [-0.05, 0) is 31.9 Å². The summed E-state index contributed by atoms with van der Waals surface area (Å²) in [5.41, 5.74) is -0.188. The number of fused-ring (bicyclic) bond motifs is 1. The highest BCUT2D eigenvalue weighted by Crippen LogP contribution is 2.49. The highest BCUT2D eigenvalue weighted by molar-refractivity contribution is 9.10. The fourth-order valence-electron chi connectivity index (χ4n) is 1.66. The Labute approximate surface area is 114 Å². The molecule has 98 valence electrons. The zero-order valence-corrected chi connectivity index (χ0v) is 10.8. The van der Waals surface area contributed by atoms with Crippen LogP contribution in [0.4, 0.5) is 5.69 Å². The molecule has 0 atom stereocenters. The van der Waals surface area contributed by atoms with Gasteiger partial charge in [0.05, 0.1) is 5.39 Å². The van der Waals surface area contributed by atoms with Crippen molar-refractivity contribution in [1.29, 1.82) is 0 Å². The van der Waals surface area contributed by atoms with E-state index in [9.17, 15) is 25.4 Å². The standard InChI is InChI=1S/C11H7BrN2O5/c12-8-9(13-4-14(18)19)10(16)5-2-1-3-6(15)7(5)11(8)17/h1-4,15-17H. The molecule has 2 aromatic rings. The fourth-order valence-corrected chi connectivity index (χ4v) is 2.15. The topological polar surface area (TPSA) is 116 Å². The van der Waals surface area contributed by atoms with E-state index in [1.807, 2.05) is 0 Å². The number of benzene rings is 2. The molecule has 0 aromatic heterocycles. The Balaban J connectivity index is 2.85. The monoisotopic (exact) mass is 326 g/mol. The summed E-state index contributed by atoms with van der Waals surface area (Å²) in [6.45, 7) is 0. The highest BCUT2D eigenvalue weighted by Gasteiger charge is 2.22. The molecule has 0 saturated heterocycles. The van der Waals surface area contributed by atoms with E-state index in [4.69, 9.17) is 0 Å². The van der Waals surface area contributed by atoms with Crippen LogP contribution >= 0.6 is 15.9 Å². The molecule has 0 unspecified atom stereocenters. The second-order valence-electron chi connectivity index (χ2n) is 3.59. The molecule has 19 heavy (non-hydrogen) atoms. The fraction of sp³-hybridized carbons (Fsp3) is 0. The van der Waals surface area contributed by atoms with Crippen LogP contribution < -0.4 is 0 Å². The van der Waals surface area contributed by atoms with Crippen molar-refractivity contribution in [2.75, 3.05) is 0 Å². The van der Waals surface area contributed by atoms with Crippen LogP contribution in [-0.4, -0.2) is 26.6 Å². The van der Waals surface area contributed by atoms with Crippen molar-refractivity contribution in [3.63, 3.8) is 0 Å². The smallest absolute Gasteiger partial charge is 0.327 e. The first-order chi connectivity index (χ1) is 8.93. The van der Waals surface area contributed by atoms with Crippen LogP contribution in [0.2, 0.25) is 0 Å². The van der Waals surface area contributed by atoms with Crippen molar-refractivity contribution in [3.8, 4) is 17.2 Å². The molecule has 0 aliphatic carbocycles. The van der Waals surface area contributed by atoms with Crippen LogP contribution in [0.15, 0.2) is 27.7 Å². The first-order valence-electron chi connectivity index (χ1n) is 4.96. The zero-order chi connectivity index (χ0) is 14.2. The molecule has 0 bridgehead atoms. The molecule has 0 aliphatic rings. The Bertz CT molecular complexity index is 714. The first-order valence-corrected chi connectivity index (χ1v) is 5.75. The molecule has 0 amide bonds. The number of hydrogen-bond acceptors (Lipinski definition) is 6. The predicted octanol–water partition coefficient (Wildman–Crippen LogP) is 2.66. The van der Waals surface area contributed by atoms with Crippen LogP contribution in [0.5, 0.6) is 17.2 Å². The maximum atomic E-state index is 10.3. The molecule has 3 N–H and O–H groups in total. The molecule has 0 radical (unpaired) electrons. The molecule has 0 heterocycles. The number of hydrogen-bond donors (Lipinski definition) is 3. The summed E-state index contributed by atoms with van der Waals surface area (Å²) in [6, 6.07) is 4.25. The van der Waals surface area contributed by atoms with Gasteiger partial charge in [0.25, 0.3) is 0 Å². The maximum absolute atomic E-state index is 10.3. The Kier molecular flexibility index (Phi) is 3.26. The Morgan fingerprint density at radius 1 is 1.26 bits per heavy atom. The van der Waals surface area contributed by atoms with Crippen LogP contribution in [0.1, 0.15) is 0 Å². The average Bonchev–Trinajstić information content (AvgIpc) is 2.35. The van der Waals surface area contributed by atoms with Crippen molar-refractivity contribution in [3.05, 3.63) is 32.8 Å². The number of phenolic OH excluding ortho intramolecular Hbond substituents is 3. The van der Waals surface area contributed by atoms with Gasteiger partial charge in [-0.1, -0.05) is 12.1 Å². The van der Waals surface area contributed by atoms with Gasteiger partial charge >= 0.3 is 6.34 Å². The van der Waals surface area contributed by atoms with Gasteiger partial charge in [-0.15, -0.1) is 0 Å². The zero-order valence-electron chi connectivity index (χ0n) is 9.24. The lowest BCUT2D eigenvalue weighted by Gasteiger charge is -2.08. The number of aliphatic imine (C=N–C) groups is 1. The Hall–Kier alpha value is -2.35. The number of phenols is 3. The van der Waals surface area contributed by atoms with Crippen LogP contribution in [0, 0.1) is 10.1 Å². The normalized spacial score (nSPS) is 11.2. The van der Waals surface area contributed by atoms with E-state index in [1.54, 1.807) is 0 Å². The van der Waals surface area contributed by atoms with Gasteiger partial charge in [0.15, 0.2) is 5.75 Å². The molecule has 0 fully saturated rings. The minimum absolute atomic E-state index is 0.0342. The van der Waals surface area contributed by atoms with E-state index in [1.165, 1.54) is 18.2 Å². The molecule has 0 saturated carbocycles. The largest absolute Gasteiger partial charge is 0.507 e. The molecular formula is C11H7BrN2O5. The van der Waals surface area contributed by atoms with Crippen LogP contribution in [-0.2, 0) is 0 Å². The highest BCUT2D eigenvalue weighted by atomic mass is 79.9. The molecule has 7 nitrogen and oxygen atoms in total. The third-order valence-electron chi connectivity index (χ3n) is 2.46. The minimum atomic E-state index is -0.796. The van der Waals surface area contributed by atoms with E-state index in [0.29, 0.717) is 6.34 Å². The third kappa shape index (κ3) is 2.17. The number of nitro groups is 1. The molecule has 2 aromatic carbocycles. The predicted molar refractivity (Wildman–Crippen MR) is 71.8 cm³/mol. The summed E-state index contributed by atoms with van der Waals surface area (Å²) in [5.74, 6) is -0.967. The molecule has 0 spiro atoms. The van der Waals surface area contributed by atoms with Gasteiger partial charge in [-0.2, -0.15) is 0 Å². The van der Waals surface area contributed by atoms with E-state index in [-0.39, 0.29) is 38.2 Å². The van der Waals surface area contributed by atoms with Gasteiger partial charge in [0.2, 0.25) is 5.69 Å². The molecular weight excluding hydrogens is 320 g/mol. The lowest BCUT2D eigenvalue weighted by Crippen LogP contribution is -1.91. The van der Waals surface area contributed by atoms with Crippen molar-refractivity contribution in [2.45, 2.75) is 0 Å². The second kappa shape index (κ2) is 4.73. The van der Waals surface area contributed by atoms with E-state index in [2.05, 4.69) is 20.9 Å². The van der Waals surface area contributed by atoms with Gasteiger partial charge < -0.3 is 25.4 Å². The maximum Gasteiger partial charge on any atom is 0.327 e. The average molecular weight is 327 g/mol. The minimum Gasteiger partial charge on any atom is -0.507 e. The molecule has 8 heteroatoms. The number of halogens is 1. The summed E-state index contributed by atoms with van der Waals surface area (Å²) < 4.78 is -0.0444. The Morgan fingerprint density at radius 3 is 2.58 bits per heavy atom. The summed E-state index contributed by atoms with van der Waals surface area (Å²) in [4.78, 5) is 12.9. The Morgan fingerprint density at radius 2 is 1.95 bits per heavy atom.